The van der Waals surface area contributed by atoms with Crippen LogP contribution >= 0.6 is 0 Å². The third kappa shape index (κ3) is 8.66. The maximum atomic E-state index is 12.2. The zero-order valence-corrected chi connectivity index (χ0v) is 19.9. The summed E-state index contributed by atoms with van der Waals surface area (Å²) in [7, 11) is -1.88. The van der Waals surface area contributed by atoms with Gasteiger partial charge in [0, 0.05) is 13.0 Å². The average molecular weight is 465 g/mol. The molecule has 0 saturated heterocycles. The van der Waals surface area contributed by atoms with E-state index in [0.717, 1.165) is 12.0 Å². The molecule has 0 unspecified atom stereocenters. The van der Waals surface area contributed by atoms with Gasteiger partial charge in [0.05, 0.1) is 31.7 Å². The zero-order valence-electron chi connectivity index (χ0n) is 19.0. The van der Waals surface area contributed by atoms with E-state index < -0.39 is 10.0 Å². The van der Waals surface area contributed by atoms with Crippen LogP contribution in [0.5, 0.6) is 17.2 Å². The van der Waals surface area contributed by atoms with Crippen molar-refractivity contribution in [3.63, 3.8) is 0 Å². The molecule has 1 N–H and O–H groups in total. The van der Waals surface area contributed by atoms with E-state index in [2.05, 4.69) is 5.32 Å². The van der Waals surface area contributed by atoms with E-state index in [-0.39, 0.29) is 25.0 Å². The molecule has 0 saturated carbocycles. The van der Waals surface area contributed by atoms with Crippen LogP contribution in [-0.2, 0) is 14.8 Å². The van der Waals surface area contributed by atoms with Crippen molar-refractivity contribution in [3.8, 4) is 17.2 Å². The van der Waals surface area contributed by atoms with E-state index in [1.165, 1.54) is 4.31 Å². The lowest BCUT2D eigenvalue weighted by atomic mass is 10.2. The van der Waals surface area contributed by atoms with Crippen molar-refractivity contribution >= 4 is 21.6 Å². The number of carbonyl (C=O) groups is 1. The summed E-state index contributed by atoms with van der Waals surface area (Å²) in [4.78, 5) is 12.1. The van der Waals surface area contributed by atoms with Crippen LogP contribution in [0.25, 0.3) is 0 Å². The molecule has 2 rings (SSSR count). The van der Waals surface area contributed by atoms with Gasteiger partial charge in [0.25, 0.3) is 0 Å². The minimum absolute atomic E-state index is 0.0342. The molecule has 1 amide bonds. The number of rotatable bonds is 13. The van der Waals surface area contributed by atoms with Gasteiger partial charge in [-0.15, -0.1) is 0 Å². The van der Waals surface area contributed by atoms with Crippen molar-refractivity contribution in [2.75, 3.05) is 37.4 Å². The maximum absolute atomic E-state index is 12.2. The minimum atomic E-state index is -3.48. The summed E-state index contributed by atoms with van der Waals surface area (Å²) >= 11 is 0. The third-order valence-corrected chi connectivity index (χ3v) is 5.61. The topological polar surface area (TPSA) is 94.2 Å². The fourth-order valence-electron chi connectivity index (χ4n) is 2.95. The average Bonchev–Trinajstić information content (AvgIpc) is 2.74. The molecule has 0 aliphatic carbocycles. The molecule has 2 aromatic rings. The van der Waals surface area contributed by atoms with Crippen molar-refractivity contribution in [2.24, 2.45) is 0 Å². The van der Waals surface area contributed by atoms with E-state index in [1.807, 2.05) is 13.8 Å². The summed E-state index contributed by atoms with van der Waals surface area (Å²) in [6.45, 7) is 4.75. The van der Waals surface area contributed by atoms with E-state index >= 15 is 0 Å². The van der Waals surface area contributed by atoms with Crippen LogP contribution in [0, 0.1) is 0 Å². The number of amides is 1. The predicted molar refractivity (Wildman–Crippen MR) is 125 cm³/mol. The number of hydrogen-bond donors (Lipinski definition) is 1. The highest BCUT2D eigenvalue weighted by atomic mass is 32.2. The van der Waals surface area contributed by atoms with Crippen LogP contribution in [0.1, 0.15) is 26.7 Å². The Kier molecular flexibility index (Phi) is 9.64. The molecule has 0 heterocycles. The summed E-state index contributed by atoms with van der Waals surface area (Å²) in [6, 6.07) is 14.1. The molecule has 9 heteroatoms. The highest BCUT2D eigenvalue weighted by Crippen LogP contribution is 2.23. The van der Waals surface area contributed by atoms with Crippen molar-refractivity contribution in [2.45, 2.75) is 32.8 Å². The number of anilines is 1. The lowest BCUT2D eigenvalue weighted by Crippen LogP contribution is -2.32. The molecule has 0 atom stereocenters. The summed E-state index contributed by atoms with van der Waals surface area (Å²) in [6.07, 6.45) is 1.79. The molecule has 8 nitrogen and oxygen atoms in total. The molecule has 0 aliphatic heterocycles. The summed E-state index contributed by atoms with van der Waals surface area (Å²) < 4.78 is 42.0. The molecule has 0 aliphatic rings. The fourth-order valence-corrected chi connectivity index (χ4v) is 3.92. The molecule has 0 aromatic heterocycles. The first-order chi connectivity index (χ1) is 15.2. The first kappa shape index (κ1) is 25.3. The molecular formula is C23H32N2O6S. The predicted octanol–water partition coefficient (Wildman–Crippen LogP) is 3.22. The second kappa shape index (κ2) is 12.2. The molecule has 0 bridgehead atoms. The largest absolute Gasteiger partial charge is 0.497 e. The number of nitrogens with zero attached hydrogens (tertiary/aromatic N) is 1. The molecule has 32 heavy (non-hydrogen) atoms. The Morgan fingerprint density at radius 3 is 2.16 bits per heavy atom. The fraction of sp³-hybridized carbons (Fsp3) is 0.435. The molecule has 2 aromatic carbocycles. The summed E-state index contributed by atoms with van der Waals surface area (Å²) in [5, 5.41) is 2.78. The Morgan fingerprint density at radius 1 is 1.00 bits per heavy atom. The number of nitrogens with one attached hydrogen (secondary N) is 1. The van der Waals surface area contributed by atoms with Crippen LogP contribution in [0.2, 0.25) is 0 Å². The Hall–Kier alpha value is -2.94. The van der Waals surface area contributed by atoms with E-state index in [1.54, 1.807) is 55.6 Å². The van der Waals surface area contributed by atoms with Gasteiger partial charge in [0.15, 0.2) is 0 Å². The van der Waals surface area contributed by atoms with Gasteiger partial charge in [-0.3, -0.25) is 9.10 Å². The van der Waals surface area contributed by atoms with Crippen LogP contribution in [0.15, 0.2) is 48.5 Å². The number of sulfonamides is 1. The Morgan fingerprint density at radius 2 is 1.59 bits per heavy atom. The first-order valence-electron chi connectivity index (χ1n) is 10.5. The minimum Gasteiger partial charge on any atom is -0.497 e. The zero-order chi connectivity index (χ0) is 23.6. The Balaban J connectivity index is 1.76. The lowest BCUT2D eigenvalue weighted by Gasteiger charge is -2.22. The summed E-state index contributed by atoms with van der Waals surface area (Å²) in [5.41, 5.74) is 0.539. The molecule has 0 spiro atoms. The van der Waals surface area contributed by atoms with E-state index in [0.29, 0.717) is 36.8 Å². The van der Waals surface area contributed by atoms with Crippen LogP contribution in [0.4, 0.5) is 5.69 Å². The lowest BCUT2D eigenvalue weighted by molar-refractivity contribution is -0.121. The van der Waals surface area contributed by atoms with Crippen molar-refractivity contribution in [1.29, 1.82) is 0 Å². The normalized spacial score (nSPS) is 11.2. The standard InChI is InChI=1S/C23H32N2O6S/c1-18(2)31-22-9-7-19(8-10-22)25(32(4,27)28)16-5-6-23(26)24-15-17-30-21-13-11-20(29-3)12-14-21/h7-14,18H,5-6,15-17H2,1-4H3,(H,24,26). The molecule has 0 radical (unpaired) electrons. The SMILES string of the molecule is COc1ccc(OCCNC(=O)CCCN(c2ccc(OC(C)C)cc2)S(C)(=O)=O)cc1. The second-order valence-electron chi connectivity index (χ2n) is 7.47. The van der Waals surface area contributed by atoms with E-state index in [9.17, 15) is 13.2 Å². The monoisotopic (exact) mass is 464 g/mol. The Bertz CT molecular complexity index is 943. The number of benzene rings is 2. The highest BCUT2D eigenvalue weighted by Gasteiger charge is 2.17. The van der Waals surface area contributed by atoms with Gasteiger partial charge >= 0.3 is 0 Å². The van der Waals surface area contributed by atoms with Gasteiger partial charge in [-0.2, -0.15) is 0 Å². The van der Waals surface area contributed by atoms with Gasteiger partial charge in [-0.05, 0) is 68.8 Å². The third-order valence-electron chi connectivity index (χ3n) is 4.41. The highest BCUT2D eigenvalue weighted by molar-refractivity contribution is 7.92. The van der Waals surface area contributed by atoms with Gasteiger partial charge in [-0.1, -0.05) is 0 Å². The smallest absolute Gasteiger partial charge is 0.232 e. The maximum Gasteiger partial charge on any atom is 0.232 e. The first-order valence-corrected chi connectivity index (χ1v) is 12.3. The van der Waals surface area contributed by atoms with Gasteiger partial charge in [-0.25, -0.2) is 8.42 Å². The van der Waals surface area contributed by atoms with Crippen LogP contribution in [-0.4, -0.2) is 53.5 Å². The van der Waals surface area contributed by atoms with Gasteiger partial charge in [0.2, 0.25) is 15.9 Å². The number of carbonyl (C=O) groups excluding carboxylic acids is 1. The van der Waals surface area contributed by atoms with Crippen LogP contribution < -0.4 is 23.8 Å². The number of methoxy groups -OCH3 is 1. The number of hydrogen-bond acceptors (Lipinski definition) is 6. The Labute approximate surface area is 190 Å². The van der Waals surface area contributed by atoms with Crippen molar-refractivity contribution in [3.05, 3.63) is 48.5 Å². The number of ether oxygens (including phenoxy) is 3. The van der Waals surface area contributed by atoms with E-state index in [4.69, 9.17) is 14.2 Å². The summed E-state index contributed by atoms with van der Waals surface area (Å²) in [5.74, 6) is 1.95. The van der Waals surface area contributed by atoms with Crippen LogP contribution in [0.3, 0.4) is 0 Å². The van der Waals surface area contributed by atoms with Crippen molar-refractivity contribution in [1.82, 2.24) is 5.32 Å². The van der Waals surface area contributed by atoms with Gasteiger partial charge < -0.3 is 19.5 Å². The molecule has 0 fully saturated rings. The molecular weight excluding hydrogens is 432 g/mol. The van der Waals surface area contributed by atoms with Crippen molar-refractivity contribution < 1.29 is 27.4 Å². The second-order valence-corrected chi connectivity index (χ2v) is 9.38. The van der Waals surface area contributed by atoms with Gasteiger partial charge in [0.1, 0.15) is 23.9 Å². The molecule has 176 valence electrons. The quantitative estimate of drug-likeness (QED) is 0.458.